The highest BCUT2D eigenvalue weighted by atomic mass is 32.2. The lowest BCUT2D eigenvalue weighted by molar-refractivity contribution is 0.102. The minimum absolute atomic E-state index is 0.0897. The molecule has 6 nitrogen and oxygen atoms in total. The van der Waals surface area contributed by atoms with Crippen LogP contribution in [0.5, 0.6) is 0 Å². The van der Waals surface area contributed by atoms with Gasteiger partial charge in [0.15, 0.2) is 9.84 Å². The van der Waals surface area contributed by atoms with Crippen LogP contribution in [0, 0.1) is 0 Å². The van der Waals surface area contributed by atoms with E-state index in [1.807, 2.05) is 31.2 Å². The van der Waals surface area contributed by atoms with Crippen molar-refractivity contribution in [3.63, 3.8) is 0 Å². The van der Waals surface area contributed by atoms with Crippen LogP contribution in [-0.4, -0.2) is 40.3 Å². The van der Waals surface area contributed by atoms with Gasteiger partial charge in [-0.15, -0.1) is 0 Å². The number of ether oxygens (including phenoxy) is 1. The van der Waals surface area contributed by atoms with Gasteiger partial charge in [0.1, 0.15) is 0 Å². The van der Waals surface area contributed by atoms with Crippen LogP contribution < -0.4 is 10.6 Å². The van der Waals surface area contributed by atoms with E-state index in [1.54, 1.807) is 0 Å². The maximum absolute atomic E-state index is 12.4. The molecule has 2 aromatic carbocycles. The lowest BCUT2D eigenvalue weighted by Gasteiger charge is -2.09. The van der Waals surface area contributed by atoms with Crippen LogP contribution in [0.25, 0.3) is 0 Å². The van der Waals surface area contributed by atoms with E-state index in [0.29, 0.717) is 11.3 Å². The second-order valence-electron chi connectivity index (χ2n) is 5.77. The molecule has 140 valence electrons. The van der Waals surface area contributed by atoms with E-state index in [1.165, 1.54) is 31.4 Å². The first-order chi connectivity index (χ1) is 12.5. The minimum Gasteiger partial charge on any atom is -0.384 e. The predicted molar refractivity (Wildman–Crippen MR) is 102 cm³/mol. The van der Waals surface area contributed by atoms with Crippen molar-refractivity contribution in [2.45, 2.75) is 18.4 Å². The molecule has 26 heavy (non-hydrogen) atoms. The third-order valence-corrected chi connectivity index (χ3v) is 5.49. The highest BCUT2D eigenvalue weighted by molar-refractivity contribution is 7.91. The van der Waals surface area contributed by atoms with Crippen LogP contribution in [0.2, 0.25) is 0 Å². The lowest BCUT2D eigenvalue weighted by atomic mass is 10.1. The first-order valence-electron chi connectivity index (χ1n) is 8.39. The van der Waals surface area contributed by atoms with Gasteiger partial charge in [-0.1, -0.05) is 19.1 Å². The fourth-order valence-electron chi connectivity index (χ4n) is 2.36. The van der Waals surface area contributed by atoms with Crippen LogP contribution in [0.3, 0.4) is 0 Å². The quantitative estimate of drug-likeness (QED) is 0.702. The second-order valence-corrected chi connectivity index (χ2v) is 7.88. The normalized spacial score (nSPS) is 11.3. The number of sulfone groups is 1. The fraction of sp³-hybridized carbons (Fsp3) is 0.316. The van der Waals surface area contributed by atoms with Gasteiger partial charge >= 0.3 is 0 Å². The third-order valence-electron chi connectivity index (χ3n) is 3.80. The van der Waals surface area contributed by atoms with E-state index in [4.69, 9.17) is 4.74 Å². The van der Waals surface area contributed by atoms with E-state index >= 15 is 0 Å². The molecule has 0 fully saturated rings. The molecule has 0 aromatic heterocycles. The minimum atomic E-state index is -3.40. The Morgan fingerprint density at radius 2 is 1.85 bits per heavy atom. The number of rotatable bonds is 9. The zero-order chi connectivity index (χ0) is 19.0. The smallest absolute Gasteiger partial charge is 0.255 e. The first-order valence-corrected chi connectivity index (χ1v) is 10.0. The molecular weight excluding hydrogens is 352 g/mol. The van der Waals surface area contributed by atoms with Gasteiger partial charge in [0.25, 0.3) is 5.91 Å². The molecule has 7 heteroatoms. The fourth-order valence-corrected chi connectivity index (χ4v) is 3.53. The average molecular weight is 376 g/mol. The molecule has 0 saturated carbocycles. The molecule has 2 rings (SSSR count). The summed E-state index contributed by atoms with van der Waals surface area (Å²) in [4.78, 5) is 12.6. The molecule has 0 atom stereocenters. The molecule has 0 aliphatic rings. The SMILES string of the molecule is CCNCc1cccc(NC(=O)c2ccc(S(=O)(=O)CCOC)cc2)c1. The zero-order valence-electron chi connectivity index (χ0n) is 15.0. The summed E-state index contributed by atoms with van der Waals surface area (Å²) in [6.07, 6.45) is 0. The maximum atomic E-state index is 12.4. The van der Waals surface area contributed by atoms with Gasteiger partial charge in [-0.3, -0.25) is 4.79 Å². The third kappa shape index (κ3) is 5.66. The number of hydrogen-bond donors (Lipinski definition) is 2. The maximum Gasteiger partial charge on any atom is 0.255 e. The summed E-state index contributed by atoms with van der Waals surface area (Å²) >= 11 is 0. The molecule has 0 unspecified atom stereocenters. The van der Waals surface area contributed by atoms with Crippen LogP contribution in [-0.2, 0) is 21.1 Å². The Balaban J connectivity index is 2.06. The lowest BCUT2D eigenvalue weighted by Crippen LogP contribution is -2.15. The van der Waals surface area contributed by atoms with Crippen LogP contribution in [0.1, 0.15) is 22.8 Å². The van der Waals surface area contributed by atoms with Crippen molar-refractivity contribution in [3.8, 4) is 0 Å². The second kappa shape index (κ2) is 9.47. The standard InChI is InChI=1S/C19H24N2O4S/c1-3-20-14-15-5-4-6-17(13-15)21-19(22)16-7-9-18(10-8-16)26(23,24)12-11-25-2/h4-10,13,20H,3,11-12,14H2,1-2H3,(H,21,22). The van der Waals surface area contributed by atoms with Gasteiger partial charge in [-0.2, -0.15) is 0 Å². The van der Waals surface area contributed by atoms with E-state index in [-0.39, 0.29) is 23.2 Å². The van der Waals surface area contributed by atoms with E-state index in [2.05, 4.69) is 10.6 Å². The number of nitrogens with one attached hydrogen (secondary N) is 2. The van der Waals surface area contributed by atoms with E-state index in [9.17, 15) is 13.2 Å². The van der Waals surface area contributed by atoms with Gasteiger partial charge < -0.3 is 15.4 Å². The van der Waals surface area contributed by atoms with Crippen LogP contribution in [0.15, 0.2) is 53.4 Å². The van der Waals surface area contributed by atoms with Crippen LogP contribution >= 0.6 is 0 Å². The molecule has 0 radical (unpaired) electrons. The van der Waals surface area contributed by atoms with E-state index < -0.39 is 9.84 Å². The Labute approximate surface area is 154 Å². The number of carbonyl (C=O) groups is 1. The number of methoxy groups -OCH3 is 1. The predicted octanol–water partition coefficient (Wildman–Crippen LogP) is 2.47. The Bertz CT molecular complexity index is 833. The molecule has 2 aromatic rings. The molecule has 2 N–H and O–H groups in total. The number of benzene rings is 2. The Kier molecular flexibility index (Phi) is 7.32. The van der Waals surface area contributed by atoms with Gasteiger partial charge in [0, 0.05) is 24.9 Å². The summed E-state index contributed by atoms with van der Waals surface area (Å²) in [5.74, 6) is -0.375. The number of hydrogen-bond acceptors (Lipinski definition) is 5. The van der Waals surface area contributed by atoms with E-state index in [0.717, 1.165) is 18.7 Å². The average Bonchev–Trinajstić information content (AvgIpc) is 2.65. The molecule has 1 amide bonds. The highest BCUT2D eigenvalue weighted by Gasteiger charge is 2.15. The molecule has 0 aliphatic carbocycles. The number of amides is 1. The largest absolute Gasteiger partial charge is 0.384 e. The van der Waals surface area contributed by atoms with Crippen molar-refractivity contribution < 1.29 is 17.9 Å². The van der Waals surface area contributed by atoms with Gasteiger partial charge in [0.05, 0.1) is 17.3 Å². The molecule has 0 bridgehead atoms. The zero-order valence-corrected chi connectivity index (χ0v) is 15.8. The van der Waals surface area contributed by atoms with Crippen molar-refractivity contribution in [3.05, 3.63) is 59.7 Å². The topological polar surface area (TPSA) is 84.5 Å². The van der Waals surface area contributed by atoms with Crippen molar-refractivity contribution in [1.82, 2.24) is 5.32 Å². The number of anilines is 1. The molecule has 0 heterocycles. The monoisotopic (exact) mass is 376 g/mol. The molecule has 0 spiro atoms. The van der Waals surface area contributed by atoms with Gasteiger partial charge in [0.2, 0.25) is 0 Å². The molecular formula is C19H24N2O4S. The summed E-state index contributed by atoms with van der Waals surface area (Å²) in [6, 6.07) is 13.5. The summed E-state index contributed by atoms with van der Waals surface area (Å²) in [7, 11) is -1.95. The Hall–Kier alpha value is -2.22. The molecule has 0 saturated heterocycles. The van der Waals surface area contributed by atoms with Crippen molar-refractivity contribution >= 4 is 21.4 Å². The van der Waals surface area contributed by atoms with Crippen molar-refractivity contribution in [2.75, 3.05) is 31.3 Å². The van der Waals surface area contributed by atoms with Crippen molar-refractivity contribution in [2.24, 2.45) is 0 Å². The Morgan fingerprint density at radius 3 is 2.50 bits per heavy atom. The van der Waals surface area contributed by atoms with Crippen LogP contribution in [0.4, 0.5) is 5.69 Å². The summed E-state index contributed by atoms with van der Waals surface area (Å²) in [5.41, 5.74) is 2.17. The highest BCUT2D eigenvalue weighted by Crippen LogP contribution is 2.15. The molecule has 0 aliphatic heterocycles. The first kappa shape index (κ1) is 20.1. The van der Waals surface area contributed by atoms with Gasteiger partial charge in [-0.05, 0) is 48.5 Å². The van der Waals surface area contributed by atoms with Crippen molar-refractivity contribution in [1.29, 1.82) is 0 Å². The summed E-state index contributed by atoms with van der Waals surface area (Å²) in [6.45, 7) is 3.77. The number of carbonyl (C=O) groups excluding carboxylic acids is 1. The summed E-state index contributed by atoms with van der Waals surface area (Å²) < 4.78 is 29.0. The Morgan fingerprint density at radius 1 is 1.12 bits per heavy atom. The summed E-state index contributed by atoms with van der Waals surface area (Å²) in [5, 5.41) is 6.06. The van der Waals surface area contributed by atoms with Gasteiger partial charge in [-0.25, -0.2) is 8.42 Å².